The molecule has 1 aliphatic carbocycles. The fraction of sp³-hybridized carbons (Fsp3) is 1.00. The van der Waals surface area contributed by atoms with Crippen LogP contribution in [0.3, 0.4) is 0 Å². The Morgan fingerprint density at radius 1 is 0.875 bits per heavy atom. The van der Waals surface area contributed by atoms with Gasteiger partial charge >= 0.3 is 0 Å². The molecule has 0 radical (unpaired) electrons. The number of hydrogen-bond donors (Lipinski definition) is 0. The second-order valence-corrected chi connectivity index (χ2v) is 6.68. The van der Waals surface area contributed by atoms with Crippen LogP contribution in [-0.2, 0) is 0 Å². The molecule has 1 nitrogen and oxygen atoms in total. The van der Waals surface area contributed by atoms with E-state index in [1.807, 2.05) is 0 Å². The average Bonchev–Trinajstić information content (AvgIpc) is 2.14. The molecule has 0 unspecified atom stereocenters. The zero-order valence-electron chi connectivity index (χ0n) is 11.6. The number of piperidine rings is 1. The van der Waals surface area contributed by atoms with Crippen molar-refractivity contribution in [2.75, 3.05) is 13.1 Å². The number of hydrogen-bond acceptors (Lipinski definition) is 1. The Bertz CT molecular complexity index is 217. The van der Waals surface area contributed by atoms with E-state index in [0.29, 0.717) is 0 Å². The molecule has 2 fully saturated rings. The third kappa shape index (κ3) is 2.45. The van der Waals surface area contributed by atoms with Crippen LogP contribution in [0, 0.1) is 23.7 Å². The van der Waals surface area contributed by atoms with E-state index in [0.717, 1.165) is 29.7 Å². The zero-order chi connectivity index (χ0) is 11.7. The molecule has 0 N–H and O–H groups in total. The monoisotopic (exact) mass is 223 g/mol. The molecule has 0 amide bonds. The lowest BCUT2D eigenvalue weighted by Crippen LogP contribution is -2.50. The maximum atomic E-state index is 2.80. The van der Waals surface area contributed by atoms with Crippen LogP contribution in [-0.4, -0.2) is 24.0 Å². The molecule has 16 heavy (non-hydrogen) atoms. The minimum Gasteiger partial charge on any atom is -0.300 e. The zero-order valence-corrected chi connectivity index (χ0v) is 11.6. The lowest BCUT2D eigenvalue weighted by atomic mass is 9.72. The summed E-state index contributed by atoms with van der Waals surface area (Å²) in [5, 5.41) is 0. The summed E-state index contributed by atoms with van der Waals surface area (Å²) in [5.41, 5.74) is 0. The van der Waals surface area contributed by atoms with Crippen LogP contribution in [0.25, 0.3) is 0 Å². The largest absolute Gasteiger partial charge is 0.300 e. The van der Waals surface area contributed by atoms with Gasteiger partial charge < -0.3 is 4.90 Å². The van der Waals surface area contributed by atoms with Gasteiger partial charge in [-0.05, 0) is 49.5 Å². The highest BCUT2D eigenvalue weighted by Gasteiger charge is 2.36. The van der Waals surface area contributed by atoms with Crippen LogP contribution < -0.4 is 0 Å². The average molecular weight is 223 g/mol. The number of rotatable bonds is 3. The van der Waals surface area contributed by atoms with Crippen LogP contribution in [0.1, 0.15) is 53.4 Å². The number of likely N-dealkylation sites (tertiary alicyclic amines) is 1. The van der Waals surface area contributed by atoms with Gasteiger partial charge in [0.2, 0.25) is 0 Å². The van der Waals surface area contributed by atoms with Crippen LogP contribution in [0.2, 0.25) is 0 Å². The summed E-state index contributed by atoms with van der Waals surface area (Å²) in [4.78, 5) is 2.80. The molecule has 0 aromatic carbocycles. The first-order chi connectivity index (χ1) is 7.59. The van der Waals surface area contributed by atoms with E-state index in [1.54, 1.807) is 0 Å². The normalized spacial score (nSPS) is 33.4. The van der Waals surface area contributed by atoms with Crippen molar-refractivity contribution in [1.29, 1.82) is 0 Å². The fourth-order valence-electron chi connectivity index (χ4n) is 3.64. The van der Waals surface area contributed by atoms with Crippen molar-refractivity contribution < 1.29 is 0 Å². The molecular formula is C15H29N. The molecule has 1 heteroatoms. The SMILES string of the molecule is CC(C)[C@H]1CN(C2CCC2)CC[C@H]1C(C)C. The second kappa shape index (κ2) is 5.08. The van der Waals surface area contributed by atoms with Gasteiger partial charge in [0.15, 0.2) is 0 Å². The smallest absolute Gasteiger partial charge is 0.00953 e. The summed E-state index contributed by atoms with van der Waals surface area (Å²) >= 11 is 0. The molecule has 2 aliphatic rings. The van der Waals surface area contributed by atoms with E-state index in [1.165, 1.54) is 38.8 Å². The Morgan fingerprint density at radius 3 is 1.94 bits per heavy atom. The van der Waals surface area contributed by atoms with Gasteiger partial charge in [-0.3, -0.25) is 0 Å². The van der Waals surface area contributed by atoms with Crippen molar-refractivity contribution in [3.05, 3.63) is 0 Å². The lowest BCUT2D eigenvalue weighted by molar-refractivity contribution is 0.0150. The molecule has 1 aliphatic heterocycles. The lowest BCUT2D eigenvalue weighted by Gasteiger charge is -2.47. The van der Waals surface area contributed by atoms with Crippen molar-refractivity contribution >= 4 is 0 Å². The summed E-state index contributed by atoms with van der Waals surface area (Å²) < 4.78 is 0. The predicted octanol–water partition coefficient (Wildman–Crippen LogP) is 3.79. The van der Waals surface area contributed by atoms with Gasteiger partial charge in [-0.2, -0.15) is 0 Å². The quantitative estimate of drug-likeness (QED) is 0.703. The molecule has 0 aromatic heterocycles. The van der Waals surface area contributed by atoms with Gasteiger partial charge in [0, 0.05) is 12.6 Å². The van der Waals surface area contributed by atoms with Gasteiger partial charge in [-0.15, -0.1) is 0 Å². The minimum atomic E-state index is 0.857. The van der Waals surface area contributed by atoms with Gasteiger partial charge in [-0.25, -0.2) is 0 Å². The first-order valence-electron chi connectivity index (χ1n) is 7.33. The summed E-state index contributed by atoms with van der Waals surface area (Å²) in [6, 6.07) is 0.953. The molecule has 2 rings (SSSR count). The van der Waals surface area contributed by atoms with Crippen LogP contribution >= 0.6 is 0 Å². The Kier molecular flexibility index (Phi) is 3.94. The fourth-order valence-corrected chi connectivity index (χ4v) is 3.64. The van der Waals surface area contributed by atoms with Crippen LogP contribution in [0.5, 0.6) is 0 Å². The first-order valence-corrected chi connectivity index (χ1v) is 7.33. The van der Waals surface area contributed by atoms with Gasteiger partial charge in [0.05, 0.1) is 0 Å². The van der Waals surface area contributed by atoms with E-state index in [-0.39, 0.29) is 0 Å². The third-order valence-corrected chi connectivity index (χ3v) is 5.05. The van der Waals surface area contributed by atoms with Gasteiger partial charge in [-0.1, -0.05) is 34.1 Å². The highest BCUT2D eigenvalue weighted by molar-refractivity contribution is 4.89. The standard InChI is InChI=1S/C15H29N/c1-11(2)14-8-9-16(13-6-5-7-13)10-15(14)12(3)4/h11-15H,5-10H2,1-4H3/t14-,15+/m0/s1. The second-order valence-electron chi connectivity index (χ2n) is 6.68. The molecule has 0 aromatic rings. The Morgan fingerprint density at radius 2 is 1.50 bits per heavy atom. The van der Waals surface area contributed by atoms with E-state index >= 15 is 0 Å². The highest BCUT2D eigenvalue weighted by atomic mass is 15.2. The minimum absolute atomic E-state index is 0.857. The van der Waals surface area contributed by atoms with Gasteiger partial charge in [0.1, 0.15) is 0 Å². The molecule has 0 bridgehead atoms. The maximum absolute atomic E-state index is 2.80. The van der Waals surface area contributed by atoms with Crippen molar-refractivity contribution in [3.63, 3.8) is 0 Å². The molecule has 94 valence electrons. The van der Waals surface area contributed by atoms with Crippen molar-refractivity contribution in [1.82, 2.24) is 4.90 Å². The summed E-state index contributed by atoms with van der Waals surface area (Å²) in [7, 11) is 0. The third-order valence-electron chi connectivity index (χ3n) is 5.05. The Hall–Kier alpha value is -0.0400. The van der Waals surface area contributed by atoms with E-state index < -0.39 is 0 Å². The first kappa shape index (κ1) is 12.4. The summed E-state index contributed by atoms with van der Waals surface area (Å²) in [6.07, 6.45) is 5.85. The molecule has 1 saturated heterocycles. The number of nitrogens with zero attached hydrogens (tertiary/aromatic N) is 1. The summed E-state index contributed by atoms with van der Waals surface area (Å²) in [5.74, 6) is 3.64. The molecule has 1 heterocycles. The molecular weight excluding hydrogens is 194 g/mol. The molecule has 0 spiro atoms. The van der Waals surface area contributed by atoms with Crippen molar-refractivity contribution in [3.8, 4) is 0 Å². The summed E-state index contributed by atoms with van der Waals surface area (Å²) in [6.45, 7) is 12.4. The van der Waals surface area contributed by atoms with Crippen LogP contribution in [0.15, 0.2) is 0 Å². The van der Waals surface area contributed by atoms with Crippen LogP contribution in [0.4, 0.5) is 0 Å². The Balaban J connectivity index is 1.96. The maximum Gasteiger partial charge on any atom is 0.00953 e. The predicted molar refractivity (Wildman–Crippen MR) is 70.5 cm³/mol. The van der Waals surface area contributed by atoms with E-state index in [4.69, 9.17) is 0 Å². The molecule has 2 atom stereocenters. The van der Waals surface area contributed by atoms with Crippen molar-refractivity contribution in [2.45, 2.75) is 59.4 Å². The molecule has 1 saturated carbocycles. The van der Waals surface area contributed by atoms with E-state index in [2.05, 4.69) is 32.6 Å². The topological polar surface area (TPSA) is 3.24 Å². The van der Waals surface area contributed by atoms with Crippen molar-refractivity contribution in [2.24, 2.45) is 23.7 Å². The van der Waals surface area contributed by atoms with E-state index in [9.17, 15) is 0 Å². The van der Waals surface area contributed by atoms with Gasteiger partial charge in [0.25, 0.3) is 0 Å². The Labute approximate surface area is 102 Å². The highest BCUT2D eigenvalue weighted by Crippen LogP contribution is 2.37.